The smallest absolute Gasteiger partial charge is 0.269 e. The minimum atomic E-state index is -0.347. The molecule has 25 heavy (non-hydrogen) atoms. The quantitative estimate of drug-likeness (QED) is 0.545. The lowest BCUT2D eigenvalue weighted by Crippen LogP contribution is -2.42. The molecule has 128 valence electrons. The number of carbonyl (C=O) groups is 2. The highest BCUT2D eigenvalue weighted by atomic mass is 32.2. The summed E-state index contributed by atoms with van der Waals surface area (Å²) in [7, 11) is 0. The van der Waals surface area contributed by atoms with Gasteiger partial charge in [-0.25, -0.2) is 4.98 Å². The monoisotopic (exact) mass is 354 g/mol. The molecule has 7 heteroatoms. The van der Waals surface area contributed by atoms with E-state index in [9.17, 15) is 9.59 Å². The average molecular weight is 354 g/mol. The molecule has 0 saturated heterocycles. The van der Waals surface area contributed by atoms with Gasteiger partial charge < -0.3 is 4.57 Å². The van der Waals surface area contributed by atoms with Gasteiger partial charge in [0.15, 0.2) is 5.16 Å². The number of hydrazine groups is 1. The largest absolute Gasteiger partial charge is 0.319 e. The summed E-state index contributed by atoms with van der Waals surface area (Å²) in [5.74, 6) is -0.470. The number of benzene rings is 2. The van der Waals surface area contributed by atoms with Crippen molar-refractivity contribution in [2.24, 2.45) is 0 Å². The number of amides is 2. The third-order valence-electron chi connectivity index (χ3n) is 3.62. The highest BCUT2D eigenvalue weighted by Crippen LogP contribution is 2.23. The highest BCUT2D eigenvalue weighted by molar-refractivity contribution is 7.99. The second kappa shape index (κ2) is 7.85. The topological polar surface area (TPSA) is 76.0 Å². The van der Waals surface area contributed by atoms with Gasteiger partial charge in [-0.1, -0.05) is 42.1 Å². The van der Waals surface area contributed by atoms with E-state index >= 15 is 0 Å². The molecule has 2 aromatic carbocycles. The molecule has 2 N–H and O–H groups in total. The van der Waals surface area contributed by atoms with E-state index in [0.717, 1.165) is 22.7 Å². The molecule has 0 unspecified atom stereocenters. The fourth-order valence-electron chi connectivity index (χ4n) is 2.42. The van der Waals surface area contributed by atoms with Crippen LogP contribution < -0.4 is 10.9 Å². The second-order valence-corrected chi connectivity index (χ2v) is 6.23. The number of aromatic nitrogens is 2. The molecule has 3 rings (SSSR count). The Bertz CT molecular complexity index is 892. The van der Waals surface area contributed by atoms with Gasteiger partial charge in [0.05, 0.1) is 16.8 Å². The molecule has 2 amide bonds. The van der Waals surface area contributed by atoms with E-state index in [1.165, 1.54) is 11.8 Å². The van der Waals surface area contributed by atoms with E-state index in [4.69, 9.17) is 0 Å². The van der Waals surface area contributed by atoms with Crippen molar-refractivity contribution in [2.75, 3.05) is 5.75 Å². The van der Waals surface area contributed by atoms with E-state index < -0.39 is 0 Å². The second-order valence-electron chi connectivity index (χ2n) is 5.28. The van der Waals surface area contributed by atoms with Crippen LogP contribution in [0, 0.1) is 0 Å². The Morgan fingerprint density at radius 1 is 1.04 bits per heavy atom. The van der Waals surface area contributed by atoms with Gasteiger partial charge in [0.25, 0.3) is 5.91 Å². The van der Waals surface area contributed by atoms with Crippen LogP contribution in [-0.4, -0.2) is 27.1 Å². The first-order valence-corrected chi connectivity index (χ1v) is 8.90. The van der Waals surface area contributed by atoms with Crippen LogP contribution in [0.15, 0.2) is 59.8 Å². The van der Waals surface area contributed by atoms with Crippen LogP contribution in [0.2, 0.25) is 0 Å². The third-order valence-corrected chi connectivity index (χ3v) is 4.60. The molecule has 0 radical (unpaired) electrons. The van der Waals surface area contributed by atoms with Crippen LogP contribution in [0.5, 0.6) is 0 Å². The number of fused-ring (bicyclic) bond motifs is 1. The lowest BCUT2D eigenvalue weighted by Gasteiger charge is -2.08. The van der Waals surface area contributed by atoms with Crippen LogP contribution in [0.25, 0.3) is 11.0 Å². The summed E-state index contributed by atoms with van der Waals surface area (Å²) in [4.78, 5) is 28.4. The molecular formula is C18H18N4O2S. The molecule has 0 saturated carbocycles. The van der Waals surface area contributed by atoms with Crippen LogP contribution in [-0.2, 0) is 11.3 Å². The molecule has 0 bridgehead atoms. The molecule has 1 aromatic heterocycles. The first kappa shape index (κ1) is 17.0. The highest BCUT2D eigenvalue weighted by Gasteiger charge is 2.12. The van der Waals surface area contributed by atoms with E-state index in [0.29, 0.717) is 5.56 Å². The van der Waals surface area contributed by atoms with E-state index in [2.05, 4.69) is 20.4 Å². The van der Waals surface area contributed by atoms with Crippen LogP contribution >= 0.6 is 11.8 Å². The number of imidazole rings is 1. The van der Waals surface area contributed by atoms with Crippen molar-refractivity contribution < 1.29 is 9.59 Å². The summed E-state index contributed by atoms with van der Waals surface area (Å²) in [6.45, 7) is 2.81. The maximum Gasteiger partial charge on any atom is 0.269 e. The Morgan fingerprint density at radius 3 is 2.52 bits per heavy atom. The Balaban J connectivity index is 1.57. The zero-order valence-electron chi connectivity index (χ0n) is 13.7. The number of hydrogen-bond acceptors (Lipinski definition) is 4. The molecule has 0 aliphatic rings. The molecule has 0 fully saturated rings. The lowest BCUT2D eigenvalue weighted by atomic mass is 10.2. The molecule has 0 aliphatic carbocycles. The summed E-state index contributed by atoms with van der Waals surface area (Å²) < 4.78 is 2.07. The number of nitrogens with one attached hydrogen (secondary N) is 2. The first-order chi connectivity index (χ1) is 12.2. The Kier molecular flexibility index (Phi) is 5.35. The molecule has 1 heterocycles. The Hall–Kier alpha value is -2.80. The van der Waals surface area contributed by atoms with Crippen molar-refractivity contribution in [3.05, 3.63) is 60.2 Å². The van der Waals surface area contributed by atoms with Crippen molar-refractivity contribution in [1.29, 1.82) is 0 Å². The molecule has 3 aromatic rings. The van der Waals surface area contributed by atoms with E-state index in [1.807, 2.05) is 37.3 Å². The van der Waals surface area contributed by atoms with E-state index in [-0.39, 0.29) is 17.6 Å². The predicted molar refractivity (Wildman–Crippen MR) is 98.2 cm³/mol. The molecule has 0 atom stereocenters. The van der Waals surface area contributed by atoms with Crippen LogP contribution in [0.4, 0.5) is 0 Å². The summed E-state index contributed by atoms with van der Waals surface area (Å²) >= 11 is 1.34. The van der Waals surface area contributed by atoms with Crippen molar-refractivity contribution in [3.63, 3.8) is 0 Å². The maximum atomic E-state index is 12.0. The third kappa shape index (κ3) is 4.00. The van der Waals surface area contributed by atoms with Crippen LogP contribution in [0.3, 0.4) is 0 Å². The fourth-order valence-corrected chi connectivity index (χ4v) is 3.30. The van der Waals surface area contributed by atoms with E-state index in [1.54, 1.807) is 24.3 Å². The average Bonchev–Trinajstić information content (AvgIpc) is 3.02. The van der Waals surface area contributed by atoms with Gasteiger partial charge in [0, 0.05) is 12.1 Å². The summed E-state index contributed by atoms with van der Waals surface area (Å²) in [6, 6.07) is 16.6. The SMILES string of the molecule is CCn1c(SCC(=O)NNC(=O)c2ccccc2)nc2ccccc21. The number of rotatable bonds is 5. The first-order valence-electron chi connectivity index (χ1n) is 7.91. The number of para-hydroxylation sites is 2. The van der Waals surface area contributed by atoms with Crippen molar-refractivity contribution in [3.8, 4) is 0 Å². The number of nitrogens with zero attached hydrogens (tertiary/aromatic N) is 2. The van der Waals surface area contributed by atoms with Crippen molar-refractivity contribution >= 4 is 34.6 Å². The number of hydrogen-bond donors (Lipinski definition) is 2. The Labute approximate surface area is 149 Å². The van der Waals surface area contributed by atoms with Gasteiger partial charge in [0.2, 0.25) is 5.91 Å². The minimum absolute atomic E-state index is 0.165. The fraction of sp³-hybridized carbons (Fsp3) is 0.167. The summed E-state index contributed by atoms with van der Waals surface area (Å²) in [5.41, 5.74) is 7.28. The van der Waals surface area contributed by atoms with Crippen LogP contribution in [0.1, 0.15) is 17.3 Å². The standard InChI is InChI=1S/C18H18N4O2S/c1-2-22-15-11-7-6-10-14(15)19-18(22)25-12-16(23)20-21-17(24)13-8-4-3-5-9-13/h3-11H,2,12H2,1H3,(H,20,23)(H,21,24). The van der Waals surface area contributed by atoms with Gasteiger partial charge in [-0.15, -0.1) is 0 Å². The Morgan fingerprint density at radius 2 is 1.76 bits per heavy atom. The predicted octanol–water partition coefficient (Wildman–Crippen LogP) is 2.61. The molecule has 6 nitrogen and oxygen atoms in total. The zero-order chi connectivity index (χ0) is 17.6. The number of thioether (sulfide) groups is 1. The van der Waals surface area contributed by atoms with Crippen molar-refractivity contribution in [2.45, 2.75) is 18.6 Å². The molecule has 0 aliphatic heterocycles. The van der Waals surface area contributed by atoms with Crippen molar-refractivity contribution in [1.82, 2.24) is 20.4 Å². The van der Waals surface area contributed by atoms with Gasteiger partial charge in [0.1, 0.15) is 0 Å². The zero-order valence-corrected chi connectivity index (χ0v) is 14.5. The number of carbonyl (C=O) groups excluding carboxylic acids is 2. The normalized spacial score (nSPS) is 10.6. The molecular weight excluding hydrogens is 336 g/mol. The maximum absolute atomic E-state index is 12.0. The van der Waals surface area contributed by atoms with Gasteiger partial charge in [-0.05, 0) is 31.2 Å². The number of aryl methyl sites for hydroxylation is 1. The molecule has 0 spiro atoms. The summed E-state index contributed by atoms with van der Waals surface area (Å²) in [6.07, 6.45) is 0. The van der Waals surface area contributed by atoms with Gasteiger partial charge in [-0.3, -0.25) is 20.4 Å². The lowest BCUT2D eigenvalue weighted by molar-refractivity contribution is -0.119. The van der Waals surface area contributed by atoms with Gasteiger partial charge in [-0.2, -0.15) is 0 Å². The summed E-state index contributed by atoms with van der Waals surface area (Å²) in [5, 5.41) is 0.785. The van der Waals surface area contributed by atoms with Gasteiger partial charge >= 0.3 is 0 Å². The minimum Gasteiger partial charge on any atom is -0.319 e.